The predicted molar refractivity (Wildman–Crippen MR) is 79.0 cm³/mol. The fourth-order valence-electron chi connectivity index (χ4n) is 2.08. The number of carbonyl (C=O) groups is 1. The third-order valence-corrected chi connectivity index (χ3v) is 3.92. The molecule has 5 nitrogen and oxygen atoms in total. The van der Waals surface area contributed by atoms with E-state index >= 15 is 0 Å². The van der Waals surface area contributed by atoms with Crippen molar-refractivity contribution in [1.29, 1.82) is 0 Å². The van der Waals surface area contributed by atoms with Gasteiger partial charge in [-0.2, -0.15) is 0 Å². The Labute approximate surface area is 120 Å². The number of sulfonamides is 1. The van der Waals surface area contributed by atoms with Crippen molar-refractivity contribution in [3.8, 4) is 0 Å². The van der Waals surface area contributed by atoms with Gasteiger partial charge in [0.05, 0.1) is 4.90 Å². The van der Waals surface area contributed by atoms with Gasteiger partial charge in [0, 0.05) is 19.2 Å². The average molecular weight is 298 g/mol. The highest BCUT2D eigenvalue weighted by Crippen LogP contribution is 2.18. The van der Waals surface area contributed by atoms with Crippen molar-refractivity contribution in [2.24, 2.45) is 11.1 Å². The second-order valence-electron chi connectivity index (χ2n) is 5.30. The summed E-state index contributed by atoms with van der Waals surface area (Å²) < 4.78 is 22.8. The van der Waals surface area contributed by atoms with Crippen LogP contribution >= 0.6 is 0 Å². The lowest BCUT2D eigenvalue weighted by molar-refractivity contribution is 0.0778. The summed E-state index contributed by atoms with van der Waals surface area (Å²) in [6, 6.07) is 4.46. The molecule has 0 saturated heterocycles. The Kier molecular flexibility index (Phi) is 5.30. The van der Waals surface area contributed by atoms with Gasteiger partial charge in [-0.25, -0.2) is 13.6 Å². The Morgan fingerprint density at radius 3 is 2.40 bits per heavy atom. The number of nitrogens with zero attached hydrogens (tertiary/aromatic N) is 1. The van der Waals surface area contributed by atoms with Crippen molar-refractivity contribution in [3.05, 3.63) is 29.3 Å². The molecule has 0 aliphatic heterocycles. The van der Waals surface area contributed by atoms with Crippen LogP contribution in [0.5, 0.6) is 0 Å². The first-order chi connectivity index (χ1) is 9.16. The number of carbonyl (C=O) groups excluding carboxylic acids is 1. The van der Waals surface area contributed by atoms with E-state index in [1.165, 1.54) is 12.1 Å². The zero-order valence-corrected chi connectivity index (χ0v) is 13.2. The molecule has 0 heterocycles. The quantitative estimate of drug-likeness (QED) is 0.897. The Balaban J connectivity index is 3.24. The molecule has 0 unspecified atom stereocenters. The molecule has 20 heavy (non-hydrogen) atoms. The molecule has 1 rings (SSSR count). The monoisotopic (exact) mass is 298 g/mol. The molecule has 1 amide bonds. The molecule has 6 heteroatoms. The van der Waals surface area contributed by atoms with Crippen LogP contribution in [0.25, 0.3) is 0 Å². The Hall–Kier alpha value is -1.40. The molecule has 1 aromatic carbocycles. The molecule has 0 spiro atoms. The van der Waals surface area contributed by atoms with Crippen LogP contribution in [0.15, 0.2) is 23.1 Å². The van der Waals surface area contributed by atoms with Gasteiger partial charge in [0.25, 0.3) is 5.91 Å². The summed E-state index contributed by atoms with van der Waals surface area (Å²) in [4.78, 5) is 14.0. The minimum absolute atomic E-state index is 0.0315. The van der Waals surface area contributed by atoms with Crippen LogP contribution in [0.2, 0.25) is 0 Å². The second-order valence-corrected chi connectivity index (χ2v) is 6.86. The minimum atomic E-state index is -3.80. The van der Waals surface area contributed by atoms with Crippen LogP contribution in [0.4, 0.5) is 0 Å². The molecule has 0 aliphatic carbocycles. The zero-order chi connectivity index (χ0) is 15.5. The summed E-state index contributed by atoms with van der Waals surface area (Å²) in [6.07, 6.45) is 0.654. The number of aryl methyl sites for hydroxylation is 1. The topological polar surface area (TPSA) is 80.5 Å². The third-order valence-electron chi connectivity index (χ3n) is 3.01. The number of rotatable bonds is 5. The average Bonchev–Trinajstić information content (AvgIpc) is 2.35. The van der Waals surface area contributed by atoms with Crippen LogP contribution in [0.1, 0.15) is 36.7 Å². The number of amides is 1. The summed E-state index contributed by atoms with van der Waals surface area (Å²) in [6.45, 7) is 6.57. The van der Waals surface area contributed by atoms with E-state index in [1.807, 2.05) is 20.8 Å². The highest BCUT2D eigenvalue weighted by molar-refractivity contribution is 7.89. The van der Waals surface area contributed by atoms with E-state index in [9.17, 15) is 13.2 Å². The first kappa shape index (κ1) is 16.7. The van der Waals surface area contributed by atoms with E-state index < -0.39 is 10.0 Å². The smallest absolute Gasteiger partial charge is 0.253 e. The number of nitrogens with two attached hydrogens (primary N) is 1. The van der Waals surface area contributed by atoms with Gasteiger partial charge in [-0.3, -0.25) is 4.79 Å². The maximum absolute atomic E-state index is 12.4. The summed E-state index contributed by atoms with van der Waals surface area (Å²) in [5, 5.41) is 5.12. The van der Waals surface area contributed by atoms with Gasteiger partial charge < -0.3 is 4.90 Å². The Morgan fingerprint density at radius 1 is 1.35 bits per heavy atom. The molecule has 0 bridgehead atoms. The molecular weight excluding hydrogens is 276 g/mol. The predicted octanol–water partition coefficient (Wildman–Crippen LogP) is 1.62. The van der Waals surface area contributed by atoms with Gasteiger partial charge in [-0.05, 0) is 30.0 Å². The molecule has 0 radical (unpaired) electrons. The molecule has 112 valence electrons. The lowest BCUT2D eigenvalue weighted by Crippen LogP contribution is -2.31. The summed E-state index contributed by atoms with van der Waals surface area (Å²) in [7, 11) is -2.09. The normalized spacial score (nSPS) is 11.7. The van der Waals surface area contributed by atoms with Crippen molar-refractivity contribution in [3.63, 3.8) is 0 Å². The van der Waals surface area contributed by atoms with E-state index in [1.54, 1.807) is 18.0 Å². The van der Waals surface area contributed by atoms with Crippen LogP contribution in [0, 0.1) is 5.92 Å². The van der Waals surface area contributed by atoms with E-state index in [0.717, 1.165) is 5.56 Å². The lowest BCUT2D eigenvalue weighted by atomic mass is 10.0. The van der Waals surface area contributed by atoms with Crippen LogP contribution < -0.4 is 5.14 Å². The molecule has 2 N–H and O–H groups in total. The van der Waals surface area contributed by atoms with Crippen molar-refractivity contribution in [1.82, 2.24) is 4.90 Å². The van der Waals surface area contributed by atoms with Crippen molar-refractivity contribution in [2.75, 3.05) is 13.6 Å². The molecule has 0 atom stereocenters. The van der Waals surface area contributed by atoms with Crippen LogP contribution in [-0.4, -0.2) is 32.8 Å². The molecule has 0 saturated carbocycles. The number of hydrogen-bond donors (Lipinski definition) is 1. The largest absolute Gasteiger partial charge is 0.341 e. The van der Waals surface area contributed by atoms with Crippen LogP contribution in [-0.2, 0) is 16.4 Å². The van der Waals surface area contributed by atoms with Crippen LogP contribution in [0.3, 0.4) is 0 Å². The highest BCUT2D eigenvalue weighted by atomic mass is 32.2. The van der Waals surface area contributed by atoms with Gasteiger partial charge in [-0.15, -0.1) is 0 Å². The van der Waals surface area contributed by atoms with Gasteiger partial charge in [-0.1, -0.05) is 26.8 Å². The van der Waals surface area contributed by atoms with E-state index in [0.29, 0.717) is 24.4 Å². The summed E-state index contributed by atoms with van der Waals surface area (Å²) >= 11 is 0. The second kappa shape index (κ2) is 6.37. The maximum atomic E-state index is 12.4. The van der Waals surface area contributed by atoms with Gasteiger partial charge in [0.15, 0.2) is 0 Å². The van der Waals surface area contributed by atoms with Gasteiger partial charge >= 0.3 is 0 Å². The van der Waals surface area contributed by atoms with Crippen molar-refractivity contribution in [2.45, 2.75) is 32.1 Å². The Morgan fingerprint density at radius 2 is 1.95 bits per heavy atom. The standard InChI is InChI=1S/C14H22N2O3S/c1-5-11-6-7-12(20(15,18)19)8-13(11)14(17)16(4)9-10(2)3/h6-8,10H,5,9H2,1-4H3,(H2,15,18,19). The SMILES string of the molecule is CCc1ccc(S(N)(=O)=O)cc1C(=O)N(C)CC(C)C. The number of benzene rings is 1. The molecule has 1 aromatic rings. The molecule has 0 aromatic heterocycles. The van der Waals surface area contributed by atoms with E-state index in [-0.39, 0.29) is 10.8 Å². The highest BCUT2D eigenvalue weighted by Gasteiger charge is 2.19. The van der Waals surface area contributed by atoms with Crippen molar-refractivity contribution < 1.29 is 13.2 Å². The molecule has 0 aliphatic rings. The minimum Gasteiger partial charge on any atom is -0.341 e. The summed E-state index contributed by atoms with van der Waals surface area (Å²) in [5.74, 6) is 0.163. The summed E-state index contributed by atoms with van der Waals surface area (Å²) in [5.41, 5.74) is 1.22. The van der Waals surface area contributed by atoms with E-state index in [2.05, 4.69) is 0 Å². The lowest BCUT2D eigenvalue weighted by Gasteiger charge is -2.21. The number of hydrogen-bond acceptors (Lipinski definition) is 3. The van der Waals surface area contributed by atoms with Crippen molar-refractivity contribution >= 4 is 15.9 Å². The first-order valence-corrected chi connectivity index (χ1v) is 8.12. The van der Waals surface area contributed by atoms with Gasteiger partial charge in [0.2, 0.25) is 10.0 Å². The fourth-order valence-corrected chi connectivity index (χ4v) is 2.62. The number of primary sulfonamides is 1. The maximum Gasteiger partial charge on any atom is 0.253 e. The Bertz CT molecular complexity index is 594. The first-order valence-electron chi connectivity index (χ1n) is 6.58. The zero-order valence-electron chi connectivity index (χ0n) is 12.4. The fraction of sp³-hybridized carbons (Fsp3) is 0.500. The molecular formula is C14H22N2O3S. The van der Waals surface area contributed by atoms with E-state index in [4.69, 9.17) is 5.14 Å². The third kappa shape index (κ3) is 4.05. The van der Waals surface area contributed by atoms with Gasteiger partial charge in [0.1, 0.15) is 0 Å². The molecule has 0 fully saturated rings.